The van der Waals surface area contributed by atoms with Crippen LogP contribution in [0.5, 0.6) is 0 Å². The lowest BCUT2D eigenvalue weighted by atomic mass is 9.33. The highest BCUT2D eigenvalue weighted by molar-refractivity contribution is 7.00. The van der Waals surface area contributed by atoms with E-state index < -0.39 is 5.41 Å². The van der Waals surface area contributed by atoms with Crippen molar-refractivity contribution in [3.05, 3.63) is 386 Å². The van der Waals surface area contributed by atoms with Crippen LogP contribution < -0.4 is 26.2 Å². The van der Waals surface area contributed by atoms with Crippen molar-refractivity contribution in [1.82, 2.24) is 4.57 Å². The van der Waals surface area contributed by atoms with Gasteiger partial charge in [-0.15, -0.1) is 0 Å². The number of rotatable bonds is 10. The van der Waals surface area contributed by atoms with E-state index in [2.05, 4.69) is 393 Å². The zero-order chi connectivity index (χ0) is 65.9. The Bertz CT molecular complexity index is 5700. The number of fused-ring (bicyclic) bond motifs is 10. The summed E-state index contributed by atoms with van der Waals surface area (Å²) in [5.41, 5.74) is 33.7. The van der Waals surface area contributed by atoms with Crippen LogP contribution in [0.15, 0.2) is 358 Å². The summed E-state index contributed by atoms with van der Waals surface area (Å²) in [4.78, 5) is 5.31. The van der Waals surface area contributed by atoms with E-state index in [0.717, 1.165) is 89.8 Å². The molecule has 466 valence electrons. The van der Waals surface area contributed by atoms with Gasteiger partial charge in [0.15, 0.2) is 0 Å². The molecule has 0 spiro atoms. The van der Waals surface area contributed by atoms with Crippen LogP contribution in [0.3, 0.4) is 0 Å². The van der Waals surface area contributed by atoms with Gasteiger partial charge in [0.1, 0.15) is 0 Å². The van der Waals surface area contributed by atoms with Crippen LogP contribution in [0.1, 0.15) is 48.6 Å². The molecule has 0 saturated carbocycles. The van der Waals surface area contributed by atoms with Crippen LogP contribution in [0.4, 0.5) is 34.1 Å². The highest BCUT2D eigenvalue weighted by Crippen LogP contribution is 2.59. The number of nitrogens with zero attached hydrogens (tertiary/aromatic N) is 3. The lowest BCUT2D eigenvalue weighted by molar-refractivity contribution is 0.590. The Morgan fingerprint density at radius 2 is 0.727 bits per heavy atom. The molecule has 3 aliphatic rings. The third-order valence-corrected chi connectivity index (χ3v) is 21.4. The van der Waals surface area contributed by atoms with Gasteiger partial charge in [-0.3, -0.25) is 0 Å². The fourth-order valence-corrected chi connectivity index (χ4v) is 17.1. The molecule has 16 aromatic rings. The molecule has 0 N–H and O–H groups in total. The van der Waals surface area contributed by atoms with Crippen molar-refractivity contribution in [2.24, 2.45) is 0 Å². The van der Waals surface area contributed by atoms with Crippen LogP contribution in [-0.4, -0.2) is 11.3 Å². The Morgan fingerprint density at radius 1 is 0.293 bits per heavy atom. The zero-order valence-corrected chi connectivity index (χ0v) is 55.5. The lowest BCUT2D eigenvalue weighted by Crippen LogP contribution is -2.61. The van der Waals surface area contributed by atoms with Gasteiger partial charge in [0.05, 0.1) is 33.5 Å². The predicted molar refractivity (Wildman–Crippen MR) is 418 cm³/mol. The zero-order valence-electron chi connectivity index (χ0n) is 55.5. The molecule has 0 unspecified atom stereocenters. The minimum Gasteiger partial charge on any atom is -0.311 e. The molecule has 4 heteroatoms. The van der Waals surface area contributed by atoms with E-state index in [9.17, 15) is 0 Å². The second-order valence-corrected chi connectivity index (χ2v) is 27.8. The fourth-order valence-electron chi connectivity index (χ4n) is 17.1. The molecule has 1 aliphatic carbocycles. The van der Waals surface area contributed by atoms with Crippen LogP contribution in [-0.2, 0) is 10.8 Å². The SMILES string of the molecule is CC(C)(C)c1cccc(-c2ccc3c(c2)B2c4cc(-c5cccc6c5-c5ccccc5C6(c5ccccc5)c5ccccc5)ccc4N(c4c(-c5ccccc5)cccc4-c4ccccc4)c4cc(-n5c6ccccc6c6ccccc65)cc(c42)N3c2ccccc2-c2ccccc2)c1. The van der Waals surface area contributed by atoms with Gasteiger partial charge in [-0.25, -0.2) is 0 Å². The van der Waals surface area contributed by atoms with Gasteiger partial charge in [0.2, 0.25) is 0 Å². The van der Waals surface area contributed by atoms with E-state index in [-0.39, 0.29) is 12.1 Å². The number of anilines is 6. The normalized spacial score (nSPS) is 13.2. The van der Waals surface area contributed by atoms with E-state index in [1.54, 1.807) is 0 Å². The number of aromatic nitrogens is 1. The van der Waals surface area contributed by atoms with E-state index in [1.165, 1.54) is 82.8 Å². The third-order valence-electron chi connectivity index (χ3n) is 21.4. The summed E-state index contributed by atoms with van der Waals surface area (Å²) in [6.07, 6.45) is 0. The van der Waals surface area contributed by atoms with Crippen LogP contribution in [0, 0.1) is 0 Å². The minimum absolute atomic E-state index is 0.0547. The van der Waals surface area contributed by atoms with Gasteiger partial charge in [0, 0.05) is 50.2 Å². The number of hydrogen-bond donors (Lipinski definition) is 0. The van der Waals surface area contributed by atoms with Gasteiger partial charge in [0.25, 0.3) is 6.71 Å². The molecule has 15 aromatic carbocycles. The van der Waals surface area contributed by atoms with Crippen molar-refractivity contribution in [3.8, 4) is 72.4 Å². The maximum absolute atomic E-state index is 2.68. The second-order valence-electron chi connectivity index (χ2n) is 27.8. The molecule has 0 atom stereocenters. The monoisotopic (exact) mass is 1260 g/mol. The molecule has 0 radical (unpaired) electrons. The van der Waals surface area contributed by atoms with Gasteiger partial charge >= 0.3 is 0 Å². The Kier molecular flexibility index (Phi) is 13.5. The highest BCUT2D eigenvalue weighted by Gasteiger charge is 2.49. The predicted octanol–water partition coefficient (Wildman–Crippen LogP) is 22.9. The molecule has 19 rings (SSSR count). The summed E-state index contributed by atoms with van der Waals surface area (Å²) < 4.78 is 2.52. The van der Waals surface area contributed by atoms with Crippen molar-refractivity contribution < 1.29 is 0 Å². The highest BCUT2D eigenvalue weighted by atomic mass is 15.2. The van der Waals surface area contributed by atoms with Crippen molar-refractivity contribution in [1.29, 1.82) is 0 Å². The summed E-state index contributed by atoms with van der Waals surface area (Å²) in [6, 6.07) is 135. The van der Waals surface area contributed by atoms with Crippen molar-refractivity contribution >= 4 is 79.0 Å². The van der Waals surface area contributed by atoms with Crippen LogP contribution in [0.2, 0.25) is 0 Å². The van der Waals surface area contributed by atoms with E-state index >= 15 is 0 Å². The van der Waals surface area contributed by atoms with Crippen molar-refractivity contribution in [2.45, 2.75) is 31.6 Å². The first-order valence-corrected chi connectivity index (χ1v) is 34.7. The minimum atomic E-state index is -0.575. The van der Waals surface area contributed by atoms with Gasteiger partial charge in [-0.2, -0.15) is 0 Å². The number of hydrogen-bond acceptors (Lipinski definition) is 2. The first-order valence-electron chi connectivity index (χ1n) is 34.7. The molecule has 2 aliphatic heterocycles. The van der Waals surface area contributed by atoms with E-state index in [0.29, 0.717) is 0 Å². The summed E-state index contributed by atoms with van der Waals surface area (Å²) in [6.45, 7) is 6.69. The number of para-hydroxylation sites is 4. The Labute approximate surface area is 579 Å². The van der Waals surface area contributed by atoms with E-state index in [1.807, 2.05) is 0 Å². The molecule has 0 bridgehead atoms. The van der Waals surface area contributed by atoms with Gasteiger partial charge in [-0.05, 0) is 142 Å². The fraction of sp³-hybridized carbons (Fsp3) is 0.0526. The first-order chi connectivity index (χ1) is 48.8. The number of benzene rings is 15. The molecule has 0 amide bonds. The molecule has 0 saturated heterocycles. The molecular weight excluding hydrogens is 1190 g/mol. The average molecular weight is 1260 g/mol. The molecule has 3 nitrogen and oxygen atoms in total. The van der Waals surface area contributed by atoms with Gasteiger partial charge < -0.3 is 14.4 Å². The Morgan fingerprint density at radius 3 is 1.34 bits per heavy atom. The summed E-state index contributed by atoms with van der Waals surface area (Å²) in [5.74, 6) is 0. The largest absolute Gasteiger partial charge is 0.311 e. The quantitative estimate of drug-likeness (QED) is 0.126. The molecule has 1 aromatic heterocycles. The molecule has 3 heterocycles. The molecule has 0 fully saturated rings. The standard InChI is InChI=1S/C95H68BN3/c1-94(2,3)71-41-27-36-66(58-71)67-54-56-87-82(59-67)96-83-60-68(74-46-29-50-81-91(74)79-45-19-23-49-80(79)95(81,69-37-15-7-16-38-69)70-39-17-8-18-40-70)55-57-88(83)99(93-75(64-32-11-5-12-33-64)47-28-48-76(93)65-34-13-6-14-35-65)90-62-72(97-85-52-25-21-43-77(85)78-44-22-26-53-86(78)97)61-89(92(90)96)98(87)84-51-24-20-42-73(84)63-30-9-4-10-31-63/h4-62H,1-3H3. The summed E-state index contributed by atoms with van der Waals surface area (Å²) in [5, 5.41) is 2.43. The van der Waals surface area contributed by atoms with Crippen molar-refractivity contribution in [2.75, 3.05) is 9.80 Å². The summed E-state index contributed by atoms with van der Waals surface area (Å²) in [7, 11) is 0. The van der Waals surface area contributed by atoms with E-state index in [4.69, 9.17) is 0 Å². The molecule has 99 heavy (non-hydrogen) atoms. The molecular formula is C95H68BN3. The maximum atomic E-state index is 2.68. The first kappa shape index (κ1) is 58.1. The smallest absolute Gasteiger partial charge is 0.252 e. The average Bonchev–Trinajstić information content (AvgIpc) is 1.51. The Hall–Kier alpha value is -12.2. The second kappa shape index (κ2) is 23.0. The summed E-state index contributed by atoms with van der Waals surface area (Å²) >= 11 is 0. The van der Waals surface area contributed by atoms with Gasteiger partial charge in [-0.1, -0.05) is 336 Å². The lowest BCUT2D eigenvalue weighted by Gasteiger charge is -2.45. The van der Waals surface area contributed by atoms with Crippen LogP contribution in [0.25, 0.3) is 94.3 Å². The maximum Gasteiger partial charge on any atom is 0.252 e. The topological polar surface area (TPSA) is 11.4 Å². The van der Waals surface area contributed by atoms with Crippen LogP contribution >= 0.6 is 0 Å². The third kappa shape index (κ3) is 9.06. The Balaban J connectivity index is 0.973. The van der Waals surface area contributed by atoms with Crippen molar-refractivity contribution in [3.63, 3.8) is 0 Å².